The summed E-state index contributed by atoms with van der Waals surface area (Å²) in [7, 11) is 1.62. The summed E-state index contributed by atoms with van der Waals surface area (Å²) in [5.41, 5.74) is -0.523. The number of nitrogens with zero attached hydrogens (tertiary/aromatic N) is 2. The number of carbonyl (C=O) groups excluding carboxylic acids is 2. The van der Waals surface area contributed by atoms with Crippen LogP contribution in [0, 0.1) is 0 Å². The first kappa shape index (κ1) is 19.9. The van der Waals surface area contributed by atoms with Crippen LogP contribution in [0.25, 0.3) is 0 Å². The fourth-order valence-corrected chi connectivity index (χ4v) is 3.04. The van der Waals surface area contributed by atoms with Crippen LogP contribution in [0.5, 0.6) is 0 Å². The molecule has 1 unspecified atom stereocenters. The molecule has 2 fully saturated rings. The van der Waals surface area contributed by atoms with Crippen LogP contribution in [0.4, 0.5) is 4.79 Å². The zero-order valence-electron chi connectivity index (χ0n) is 15.9. The maximum absolute atomic E-state index is 12.4. The molecule has 0 bridgehead atoms. The molecule has 0 aromatic rings. The lowest BCUT2D eigenvalue weighted by molar-refractivity contribution is -0.152. The second-order valence-electron chi connectivity index (χ2n) is 7.77. The van der Waals surface area contributed by atoms with Gasteiger partial charge >= 0.3 is 6.09 Å². The van der Waals surface area contributed by atoms with Gasteiger partial charge in [-0.2, -0.15) is 0 Å². The molecule has 2 aliphatic heterocycles. The standard InChI is InChI=1S/C17H31N3O5/c1-12-6-18-13(8-20(12)16(22)25-17(2,3)4)7-19-9-14(10-23-5)24-11-15(19)21/h12-14,18H,6-11H2,1-5H3/t12-,13+,14?/m1/s1. The smallest absolute Gasteiger partial charge is 0.410 e. The Morgan fingerprint density at radius 3 is 2.72 bits per heavy atom. The normalized spacial score (nSPS) is 28.2. The Kier molecular flexibility index (Phi) is 6.65. The molecule has 0 aromatic carbocycles. The number of piperazine rings is 1. The summed E-state index contributed by atoms with van der Waals surface area (Å²) >= 11 is 0. The molecular formula is C17H31N3O5. The van der Waals surface area contributed by atoms with E-state index in [2.05, 4.69) is 5.32 Å². The van der Waals surface area contributed by atoms with Gasteiger partial charge in [0.1, 0.15) is 12.2 Å². The van der Waals surface area contributed by atoms with Crippen molar-refractivity contribution in [2.24, 2.45) is 0 Å². The second-order valence-corrected chi connectivity index (χ2v) is 7.77. The lowest BCUT2D eigenvalue weighted by Gasteiger charge is -2.42. The molecule has 2 saturated heterocycles. The summed E-state index contributed by atoms with van der Waals surface area (Å²) in [4.78, 5) is 28.1. The van der Waals surface area contributed by atoms with Gasteiger partial charge in [-0.05, 0) is 27.7 Å². The van der Waals surface area contributed by atoms with Crippen molar-refractivity contribution in [2.45, 2.75) is 51.5 Å². The number of hydrogen-bond acceptors (Lipinski definition) is 6. The van der Waals surface area contributed by atoms with E-state index in [1.165, 1.54) is 0 Å². The van der Waals surface area contributed by atoms with Crippen LogP contribution >= 0.6 is 0 Å². The second kappa shape index (κ2) is 8.33. The average molecular weight is 357 g/mol. The number of methoxy groups -OCH3 is 1. The topological polar surface area (TPSA) is 80.3 Å². The van der Waals surface area contributed by atoms with Crippen LogP contribution in [0.15, 0.2) is 0 Å². The molecule has 2 heterocycles. The Hall–Kier alpha value is -1.38. The van der Waals surface area contributed by atoms with E-state index in [-0.39, 0.29) is 36.8 Å². The quantitative estimate of drug-likeness (QED) is 0.787. The first-order valence-corrected chi connectivity index (χ1v) is 8.81. The third-order valence-corrected chi connectivity index (χ3v) is 4.29. The molecular weight excluding hydrogens is 326 g/mol. The molecule has 0 aliphatic carbocycles. The zero-order valence-corrected chi connectivity index (χ0v) is 15.9. The highest BCUT2D eigenvalue weighted by atomic mass is 16.6. The van der Waals surface area contributed by atoms with Crippen molar-refractivity contribution in [1.29, 1.82) is 0 Å². The number of nitrogens with one attached hydrogen (secondary N) is 1. The highest BCUT2D eigenvalue weighted by Crippen LogP contribution is 2.16. The average Bonchev–Trinajstić information content (AvgIpc) is 2.51. The van der Waals surface area contributed by atoms with Crippen molar-refractivity contribution in [3.05, 3.63) is 0 Å². The van der Waals surface area contributed by atoms with Crippen molar-refractivity contribution in [3.8, 4) is 0 Å². The predicted octanol–water partition coefficient (Wildman–Crippen LogP) is 0.458. The van der Waals surface area contributed by atoms with Crippen molar-refractivity contribution < 1.29 is 23.8 Å². The molecule has 2 rings (SSSR count). The van der Waals surface area contributed by atoms with E-state index in [0.29, 0.717) is 32.8 Å². The molecule has 2 aliphatic rings. The summed E-state index contributed by atoms with van der Waals surface area (Å²) in [5, 5.41) is 3.42. The van der Waals surface area contributed by atoms with Gasteiger partial charge in [0.15, 0.2) is 0 Å². The number of amides is 2. The van der Waals surface area contributed by atoms with Gasteiger partial charge in [0.05, 0.1) is 12.7 Å². The molecule has 1 N–H and O–H groups in total. The first-order chi connectivity index (χ1) is 11.7. The minimum Gasteiger partial charge on any atom is -0.444 e. The van der Waals surface area contributed by atoms with Crippen LogP contribution in [-0.2, 0) is 19.0 Å². The number of ether oxygens (including phenoxy) is 3. The Labute approximate surface area is 149 Å². The monoisotopic (exact) mass is 357 g/mol. The van der Waals surface area contributed by atoms with Gasteiger partial charge in [0.25, 0.3) is 0 Å². The van der Waals surface area contributed by atoms with Gasteiger partial charge in [-0.25, -0.2) is 4.79 Å². The van der Waals surface area contributed by atoms with Gasteiger partial charge < -0.3 is 29.3 Å². The first-order valence-electron chi connectivity index (χ1n) is 8.81. The van der Waals surface area contributed by atoms with Crippen molar-refractivity contribution >= 4 is 12.0 Å². The largest absolute Gasteiger partial charge is 0.444 e. The van der Waals surface area contributed by atoms with E-state index >= 15 is 0 Å². The summed E-state index contributed by atoms with van der Waals surface area (Å²) in [6.07, 6.45) is -0.413. The minimum atomic E-state index is -0.523. The van der Waals surface area contributed by atoms with Crippen LogP contribution in [0.1, 0.15) is 27.7 Å². The highest BCUT2D eigenvalue weighted by molar-refractivity contribution is 5.78. The van der Waals surface area contributed by atoms with Crippen LogP contribution in [0.3, 0.4) is 0 Å². The summed E-state index contributed by atoms with van der Waals surface area (Å²) < 4.78 is 16.1. The van der Waals surface area contributed by atoms with E-state index in [9.17, 15) is 9.59 Å². The van der Waals surface area contributed by atoms with Gasteiger partial charge in [0.2, 0.25) is 5.91 Å². The van der Waals surface area contributed by atoms with E-state index < -0.39 is 5.60 Å². The number of carbonyl (C=O) groups is 2. The van der Waals surface area contributed by atoms with Crippen molar-refractivity contribution in [3.63, 3.8) is 0 Å². The summed E-state index contributed by atoms with van der Waals surface area (Å²) in [6, 6.07) is 0.0571. The van der Waals surface area contributed by atoms with Crippen LogP contribution in [-0.4, -0.2) is 92.1 Å². The predicted molar refractivity (Wildman–Crippen MR) is 92.4 cm³/mol. The van der Waals surface area contributed by atoms with E-state index in [1.807, 2.05) is 27.7 Å². The Balaban J connectivity index is 1.93. The molecule has 8 nitrogen and oxygen atoms in total. The molecule has 0 saturated carbocycles. The molecule has 25 heavy (non-hydrogen) atoms. The summed E-state index contributed by atoms with van der Waals surface area (Å²) in [6.45, 7) is 10.3. The van der Waals surface area contributed by atoms with Crippen LogP contribution in [0.2, 0.25) is 0 Å². The van der Waals surface area contributed by atoms with E-state index in [4.69, 9.17) is 14.2 Å². The number of morpholine rings is 1. The lowest BCUT2D eigenvalue weighted by atomic mass is 10.1. The van der Waals surface area contributed by atoms with Gasteiger partial charge in [-0.1, -0.05) is 0 Å². The lowest BCUT2D eigenvalue weighted by Crippen LogP contribution is -2.62. The van der Waals surface area contributed by atoms with E-state index in [0.717, 1.165) is 0 Å². The maximum Gasteiger partial charge on any atom is 0.410 e. The molecule has 3 atom stereocenters. The third kappa shape index (κ3) is 5.83. The van der Waals surface area contributed by atoms with Gasteiger partial charge in [0, 0.05) is 45.4 Å². The van der Waals surface area contributed by atoms with Crippen molar-refractivity contribution in [2.75, 3.05) is 46.5 Å². The molecule has 144 valence electrons. The maximum atomic E-state index is 12.4. The summed E-state index contributed by atoms with van der Waals surface area (Å²) in [5.74, 6) is -0.0309. The van der Waals surface area contributed by atoms with Crippen LogP contribution < -0.4 is 5.32 Å². The molecule has 0 aromatic heterocycles. The van der Waals surface area contributed by atoms with Crippen molar-refractivity contribution in [1.82, 2.24) is 15.1 Å². The third-order valence-electron chi connectivity index (χ3n) is 4.29. The Morgan fingerprint density at radius 2 is 2.08 bits per heavy atom. The molecule has 0 radical (unpaired) electrons. The fraction of sp³-hybridized carbons (Fsp3) is 0.882. The Morgan fingerprint density at radius 1 is 1.36 bits per heavy atom. The van der Waals surface area contributed by atoms with Gasteiger partial charge in [-0.3, -0.25) is 4.79 Å². The van der Waals surface area contributed by atoms with Gasteiger partial charge in [-0.15, -0.1) is 0 Å². The fourth-order valence-electron chi connectivity index (χ4n) is 3.04. The minimum absolute atomic E-state index is 0.00830. The Bertz CT molecular complexity index is 479. The van der Waals surface area contributed by atoms with E-state index in [1.54, 1.807) is 16.9 Å². The molecule has 8 heteroatoms. The number of rotatable bonds is 4. The highest BCUT2D eigenvalue weighted by Gasteiger charge is 2.34. The SMILES string of the molecule is COCC1CN(C[C@H]2CN(C(=O)OC(C)(C)C)[C@H](C)CN2)C(=O)CO1. The molecule has 2 amide bonds. The number of hydrogen-bond donors (Lipinski definition) is 1. The zero-order chi connectivity index (χ0) is 18.6. The molecule has 0 spiro atoms.